The van der Waals surface area contributed by atoms with Crippen LogP contribution in [0, 0.1) is 0 Å². The molecule has 5 rings (SSSR count). The fourth-order valence-corrected chi connectivity index (χ4v) is 3.78. The van der Waals surface area contributed by atoms with Crippen molar-refractivity contribution in [1.82, 2.24) is 0 Å². The summed E-state index contributed by atoms with van der Waals surface area (Å²) >= 11 is 0. The van der Waals surface area contributed by atoms with Crippen molar-refractivity contribution in [3.8, 4) is 0 Å². The van der Waals surface area contributed by atoms with Gasteiger partial charge in [0.2, 0.25) is 0 Å². The molecule has 1 aliphatic rings. The van der Waals surface area contributed by atoms with Gasteiger partial charge in [0.25, 0.3) is 0 Å². The van der Waals surface area contributed by atoms with Gasteiger partial charge < -0.3 is 0 Å². The number of hydrogen-bond donors (Lipinski definition) is 0. The third-order valence-corrected chi connectivity index (χ3v) is 4.91. The number of rotatable bonds is 1. The summed E-state index contributed by atoms with van der Waals surface area (Å²) in [6.07, 6.45) is 4.58. The van der Waals surface area contributed by atoms with Gasteiger partial charge in [0.05, 0.1) is 0 Å². The van der Waals surface area contributed by atoms with Gasteiger partial charge in [-0.25, -0.2) is 0 Å². The topological polar surface area (TPSA) is 0 Å². The molecule has 0 fully saturated rings. The molecule has 0 bridgehead atoms. The molecule has 0 aliphatic heterocycles. The fraction of sp³-hybridized carbons (Fsp3) is 0.0435. The van der Waals surface area contributed by atoms with Crippen molar-refractivity contribution >= 4 is 27.6 Å². The lowest BCUT2D eigenvalue weighted by Gasteiger charge is -2.15. The maximum atomic E-state index is 2.34. The van der Waals surface area contributed by atoms with E-state index in [1.165, 1.54) is 38.2 Å². The van der Waals surface area contributed by atoms with E-state index < -0.39 is 0 Å². The third kappa shape index (κ3) is 1.92. The Hall–Kier alpha value is -2.86. The van der Waals surface area contributed by atoms with E-state index in [2.05, 4.69) is 91.0 Å². The smallest absolute Gasteiger partial charge is 0.0284 e. The molecule has 0 radical (unpaired) electrons. The van der Waals surface area contributed by atoms with Crippen molar-refractivity contribution < 1.29 is 0 Å². The lowest BCUT2D eigenvalue weighted by Crippen LogP contribution is -1.97. The average molecular weight is 292 g/mol. The molecule has 0 amide bonds. The lowest BCUT2D eigenvalue weighted by molar-refractivity contribution is 1.07. The zero-order chi connectivity index (χ0) is 15.2. The minimum absolute atomic E-state index is 0.357. The highest BCUT2D eigenvalue weighted by Gasteiger charge is 2.20. The van der Waals surface area contributed by atoms with E-state index in [1.807, 2.05) is 0 Å². The van der Waals surface area contributed by atoms with Crippen LogP contribution in [0.1, 0.15) is 22.6 Å². The number of allylic oxidation sites excluding steroid dienone is 1. The van der Waals surface area contributed by atoms with E-state index in [0.717, 1.165) is 0 Å². The Labute approximate surface area is 135 Å². The second kappa shape index (κ2) is 4.82. The zero-order valence-corrected chi connectivity index (χ0v) is 12.7. The Bertz CT molecular complexity index is 1070. The molecule has 0 heterocycles. The highest BCUT2D eigenvalue weighted by molar-refractivity contribution is 6.00. The summed E-state index contributed by atoms with van der Waals surface area (Å²) in [7, 11) is 0. The molecular weight excluding hydrogens is 276 g/mol. The summed E-state index contributed by atoms with van der Waals surface area (Å²) in [5.74, 6) is 0.357. The molecule has 0 nitrogen and oxygen atoms in total. The summed E-state index contributed by atoms with van der Waals surface area (Å²) in [5, 5.41) is 5.29. The monoisotopic (exact) mass is 292 g/mol. The SMILES string of the molecule is C1=CC(c2cccc3cc4ccccc4cc23)c2ccccc21. The van der Waals surface area contributed by atoms with Gasteiger partial charge in [-0.2, -0.15) is 0 Å². The first-order valence-corrected chi connectivity index (χ1v) is 8.09. The van der Waals surface area contributed by atoms with Crippen LogP contribution < -0.4 is 0 Å². The number of hydrogen-bond acceptors (Lipinski definition) is 0. The summed E-state index contributed by atoms with van der Waals surface area (Å²) in [6, 6.07) is 28.6. The normalized spacial score (nSPS) is 16.1. The van der Waals surface area contributed by atoms with Gasteiger partial charge in [0.15, 0.2) is 0 Å². The first-order valence-electron chi connectivity index (χ1n) is 8.09. The molecule has 4 aromatic carbocycles. The van der Waals surface area contributed by atoms with Gasteiger partial charge in [-0.05, 0) is 50.4 Å². The van der Waals surface area contributed by atoms with Crippen molar-refractivity contribution in [2.75, 3.05) is 0 Å². The van der Waals surface area contributed by atoms with Gasteiger partial charge in [-0.3, -0.25) is 0 Å². The minimum atomic E-state index is 0.357. The number of fused-ring (bicyclic) bond motifs is 3. The standard InChI is InChI=1S/C23H16/c1-2-8-18-15-23-19(14-17(18)7-1)9-5-11-21(23)22-13-12-16-6-3-4-10-20(16)22/h1-15,22H. The molecule has 0 saturated heterocycles. The van der Waals surface area contributed by atoms with Crippen LogP contribution in [0.5, 0.6) is 0 Å². The van der Waals surface area contributed by atoms with E-state index in [4.69, 9.17) is 0 Å². The first-order chi connectivity index (χ1) is 11.4. The van der Waals surface area contributed by atoms with Crippen LogP contribution >= 0.6 is 0 Å². The largest absolute Gasteiger partial charge is 0.0720 e. The van der Waals surface area contributed by atoms with Crippen molar-refractivity contribution in [2.45, 2.75) is 5.92 Å². The van der Waals surface area contributed by atoms with Crippen molar-refractivity contribution in [1.29, 1.82) is 0 Å². The summed E-state index contributed by atoms with van der Waals surface area (Å²) in [5.41, 5.74) is 4.15. The second-order valence-electron chi connectivity index (χ2n) is 6.23. The lowest BCUT2D eigenvalue weighted by atomic mass is 9.88. The van der Waals surface area contributed by atoms with Gasteiger partial charge in [0, 0.05) is 5.92 Å². The van der Waals surface area contributed by atoms with Gasteiger partial charge >= 0.3 is 0 Å². The van der Waals surface area contributed by atoms with Crippen LogP contribution in [0.15, 0.2) is 84.9 Å². The Balaban J connectivity index is 1.79. The van der Waals surface area contributed by atoms with Crippen LogP contribution in [0.4, 0.5) is 0 Å². The predicted octanol–water partition coefficient (Wildman–Crippen LogP) is 6.15. The van der Waals surface area contributed by atoms with E-state index in [-0.39, 0.29) is 0 Å². The third-order valence-electron chi connectivity index (χ3n) is 4.91. The Morgan fingerprint density at radius 3 is 2.17 bits per heavy atom. The molecule has 1 unspecified atom stereocenters. The highest BCUT2D eigenvalue weighted by Crippen LogP contribution is 2.39. The Kier molecular flexibility index (Phi) is 2.65. The van der Waals surface area contributed by atoms with Crippen LogP contribution in [0.3, 0.4) is 0 Å². The molecule has 0 aromatic heterocycles. The maximum Gasteiger partial charge on any atom is 0.0284 e. The van der Waals surface area contributed by atoms with Crippen LogP contribution in [0.2, 0.25) is 0 Å². The summed E-state index contributed by atoms with van der Waals surface area (Å²) in [4.78, 5) is 0. The molecular formula is C23H16. The molecule has 23 heavy (non-hydrogen) atoms. The predicted molar refractivity (Wildman–Crippen MR) is 98.8 cm³/mol. The van der Waals surface area contributed by atoms with Gasteiger partial charge in [0.1, 0.15) is 0 Å². The maximum absolute atomic E-state index is 2.34. The van der Waals surface area contributed by atoms with E-state index >= 15 is 0 Å². The van der Waals surface area contributed by atoms with E-state index in [9.17, 15) is 0 Å². The van der Waals surface area contributed by atoms with Crippen molar-refractivity contribution in [3.63, 3.8) is 0 Å². The van der Waals surface area contributed by atoms with Gasteiger partial charge in [-0.15, -0.1) is 0 Å². The fourth-order valence-electron chi connectivity index (χ4n) is 3.78. The van der Waals surface area contributed by atoms with Crippen LogP contribution in [-0.2, 0) is 0 Å². The second-order valence-corrected chi connectivity index (χ2v) is 6.23. The highest BCUT2D eigenvalue weighted by atomic mass is 14.2. The Morgan fingerprint density at radius 2 is 1.26 bits per heavy atom. The molecule has 0 N–H and O–H groups in total. The average Bonchev–Trinajstić information content (AvgIpc) is 3.03. The molecule has 0 heteroatoms. The van der Waals surface area contributed by atoms with Crippen molar-refractivity contribution in [3.05, 3.63) is 102 Å². The van der Waals surface area contributed by atoms with E-state index in [1.54, 1.807) is 0 Å². The molecule has 108 valence electrons. The van der Waals surface area contributed by atoms with Crippen molar-refractivity contribution in [2.24, 2.45) is 0 Å². The van der Waals surface area contributed by atoms with E-state index in [0.29, 0.717) is 5.92 Å². The van der Waals surface area contributed by atoms with Crippen LogP contribution in [-0.4, -0.2) is 0 Å². The molecule has 1 aliphatic carbocycles. The summed E-state index contributed by atoms with van der Waals surface area (Å²) in [6.45, 7) is 0. The first kappa shape index (κ1) is 12.7. The van der Waals surface area contributed by atoms with Gasteiger partial charge in [-0.1, -0.05) is 78.9 Å². The van der Waals surface area contributed by atoms with Crippen LogP contribution in [0.25, 0.3) is 27.6 Å². The molecule has 0 spiro atoms. The summed E-state index contributed by atoms with van der Waals surface area (Å²) < 4.78 is 0. The zero-order valence-electron chi connectivity index (χ0n) is 12.7. The molecule has 1 atom stereocenters. The quantitative estimate of drug-likeness (QED) is 0.369. The Morgan fingerprint density at radius 1 is 0.565 bits per heavy atom. The minimum Gasteiger partial charge on any atom is -0.0720 e. The number of benzene rings is 4. The molecule has 4 aromatic rings. The molecule has 0 saturated carbocycles.